The van der Waals surface area contributed by atoms with Gasteiger partial charge < -0.3 is 0 Å². The van der Waals surface area contributed by atoms with Crippen molar-refractivity contribution in [2.24, 2.45) is 4.99 Å². The van der Waals surface area contributed by atoms with Gasteiger partial charge in [-0.15, -0.1) is 0 Å². The first-order valence-corrected chi connectivity index (χ1v) is 5.20. The monoisotopic (exact) mass is 272 g/mol. The van der Waals surface area contributed by atoms with E-state index in [1.54, 1.807) is 0 Å². The van der Waals surface area contributed by atoms with Crippen molar-refractivity contribution in [2.75, 3.05) is 0 Å². The number of rotatable bonds is 1. The summed E-state index contributed by atoms with van der Waals surface area (Å²) in [6.07, 6.45) is 2.10. The summed E-state index contributed by atoms with van der Waals surface area (Å²) in [7, 11) is 0. The molecule has 2 heterocycles. The minimum absolute atomic E-state index is 0.239. The molecule has 0 N–H and O–H groups in total. The van der Waals surface area contributed by atoms with Crippen molar-refractivity contribution < 1.29 is 8.78 Å². The molecule has 1 aliphatic rings. The standard InChI is InChI=1S/C10H7BrF2N2/c11-10-7(1-2-9(13)15-10)8-5-6(12)3-4-14-8/h3-5H,1-2H2. The van der Waals surface area contributed by atoms with E-state index in [9.17, 15) is 8.78 Å². The summed E-state index contributed by atoms with van der Waals surface area (Å²) in [4.78, 5) is 7.67. The van der Waals surface area contributed by atoms with E-state index in [0.717, 1.165) is 5.57 Å². The van der Waals surface area contributed by atoms with Crippen molar-refractivity contribution in [3.8, 4) is 0 Å². The maximum absolute atomic E-state index is 12.9. The van der Waals surface area contributed by atoms with Crippen molar-refractivity contribution in [1.82, 2.24) is 4.98 Å². The van der Waals surface area contributed by atoms with Gasteiger partial charge in [0.25, 0.3) is 0 Å². The van der Waals surface area contributed by atoms with Crippen LogP contribution in [0, 0.1) is 5.82 Å². The Hall–Kier alpha value is -1.10. The molecule has 0 spiro atoms. The molecule has 15 heavy (non-hydrogen) atoms. The van der Waals surface area contributed by atoms with Crippen LogP contribution in [0.25, 0.3) is 5.57 Å². The second-order valence-corrected chi connectivity index (χ2v) is 3.87. The zero-order chi connectivity index (χ0) is 10.8. The van der Waals surface area contributed by atoms with Gasteiger partial charge in [0.2, 0.25) is 0 Å². The molecule has 0 fully saturated rings. The Balaban J connectivity index is 2.43. The number of allylic oxidation sites excluding steroid dienone is 1. The minimum atomic E-state index is -0.415. The predicted molar refractivity (Wildman–Crippen MR) is 57.8 cm³/mol. The van der Waals surface area contributed by atoms with Crippen molar-refractivity contribution in [2.45, 2.75) is 12.8 Å². The van der Waals surface area contributed by atoms with Crippen LogP contribution >= 0.6 is 15.9 Å². The van der Waals surface area contributed by atoms with Crippen LogP contribution in [0.3, 0.4) is 0 Å². The van der Waals surface area contributed by atoms with Crippen LogP contribution in [0.5, 0.6) is 0 Å². The van der Waals surface area contributed by atoms with Crippen LogP contribution in [0.15, 0.2) is 27.9 Å². The molecule has 0 radical (unpaired) electrons. The van der Waals surface area contributed by atoms with E-state index in [1.165, 1.54) is 18.3 Å². The van der Waals surface area contributed by atoms with Gasteiger partial charge in [0.1, 0.15) is 10.4 Å². The normalized spacial score (nSPS) is 16.6. The minimum Gasteiger partial charge on any atom is -0.256 e. The van der Waals surface area contributed by atoms with Gasteiger partial charge in [-0.05, 0) is 34.5 Å². The largest absolute Gasteiger partial charge is 0.256 e. The Morgan fingerprint density at radius 1 is 1.27 bits per heavy atom. The molecule has 0 bridgehead atoms. The number of pyridine rings is 1. The molecule has 0 unspecified atom stereocenters. The average Bonchev–Trinajstić information content (AvgIpc) is 2.17. The third kappa shape index (κ3) is 2.28. The fourth-order valence-corrected chi connectivity index (χ4v) is 1.96. The van der Waals surface area contributed by atoms with E-state index in [-0.39, 0.29) is 12.2 Å². The first-order chi connectivity index (χ1) is 7.16. The second-order valence-electron chi connectivity index (χ2n) is 3.12. The van der Waals surface area contributed by atoms with E-state index in [0.29, 0.717) is 16.7 Å². The zero-order valence-electron chi connectivity index (χ0n) is 7.67. The fourth-order valence-electron chi connectivity index (χ4n) is 1.36. The highest BCUT2D eigenvalue weighted by Crippen LogP contribution is 2.31. The van der Waals surface area contributed by atoms with Gasteiger partial charge in [0.05, 0.1) is 5.69 Å². The molecular formula is C10H7BrF2N2. The molecule has 0 saturated heterocycles. The number of nitrogens with zero attached hydrogens (tertiary/aromatic N) is 2. The van der Waals surface area contributed by atoms with Crippen LogP contribution in [0.2, 0.25) is 0 Å². The van der Waals surface area contributed by atoms with Gasteiger partial charge in [0, 0.05) is 18.2 Å². The topological polar surface area (TPSA) is 25.2 Å². The average molecular weight is 273 g/mol. The molecule has 0 saturated carbocycles. The Morgan fingerprint density at radius 2 is 2.07 bits per heavy atom. The quantitative estimate of drug-likeness (QED) is 0.719. The molecule has 2 nitrogen and oxygen atoms in total. The van der Waals surface area contributed by atoms with Crippen LogP contribution in [-0.4, -0.2) is 10.9 Å². The molecule has 2 rings (SSSR count). The summed E-state index contributed by atoms with van der Waals surface area (Å²) in [6, 6.07) is 2.58. The molecule has 0 aromatic carbocycles. The summed E-state index contributed by atoms with van der Waals surface area (Å²) in [5.41, 5.74) is 1.23. The highest BCUT2D eigenvalue weighted by atomic mass is 79.9. The molecule has 5 heteroatoms. The summed E-state index contributed by atoms with van der Waals surface area (Å²) in [5, 5.41) is 0. The smallest absolute Gasteiger partial charge is 0.190 e. The first-order valence-electron chi connectivity index (χ1n) is 4.40. The summed E-state index contributed by atoms with van der Waals surface area (Å²) in [5.74, 6) is -0.773. The number of aliphatic imine (C=N–C) groups is 1. The Labute approximate surface area is 93.9 Å². The predicted octanol–water partition coefficient (Wildman–Crippen LogP) is 3.45. The number of hydrogen-bond donors (Lipinski definition) is 0. The van der Waals surface area contributed by atoms with E-state index in [2.05, 4.69) is 25.9 Å². The number of hydrogen-bond acceptors (Lipinski definition) is 2. The fraction of sp³-hybridized carbons (Fsp3) is 0.200. The van der Waals surface area contributed by atoms with Crippen molar-refractivity contribution >= 4 is 27.5 Å². The van der Waals surface area contributed by atoms with Gasteiger partial charge in [-0.25, -0.2) is 9.38 Å². The molecule has 78 valence electrons. The highest BCUT2D eigenvalue weighted by Gasteiger charge is 2.16. The SMILES string of the molecule is FC1=NC(Br)=C(c2cc(F)ccn2)CC1. The summed E-state index contributed by atoms with van der Waals surface area (Å²) < 4.78 is 26.1. The highest BCUT2D eigenvalue weighted by molar-refractivity contribution is 9.11. The summed E-state index contributed by atoms with van der Waals surface area (Å²) >= 11 is 3.15. The maximum atomic E-state index is 12.9. The first kappa shape index (κ1) is 10.4. The molecule has 0 atom stereocenters. The lowest BCUT2D eigenvalue weighted by atomic mass is 10.1. The number of halogens is 3. The van der Waals surface area contributed by atoms with E-state index in [1.807, 2.05) is 0 Å². The molecular weight excluding hydrogens is 266 g/mol. The van der Waals surface area contributed by atoms with E-state index in [4.69, 9.17) is 0 Å². The Kier molecular flexibility index (Phi) is 2.90. The van der Waals surface area contributed by atoms with Crippen LogP contribution < -0.4 is 0 Å². The third-order valence-corrected chi connectivity index (χ3v) is 2.74. The molecule has 1 aromatic rings. The maximum Gasteiger partial charge on any atom is 0.190 e. The second kappa shape index (κ2) is 4.18. The lowest BCUT2D eigenvalue weighted by Gasteiger charge is -2.11. The lowest BCUT2D eigenvalue weighted by molar-refractivity contribution is 0.624. The Bertz CT molecular complexity index is 454. The third-order valence-electron chi connectivity index (χ3n) is 2.08. The van der Waals surface area contributed by atoms with Gasteiger partial charge in [-0.1, -0.05) is 0 Å². The number of aromatic nitrogens is 1. The van der Waals surface area contributed by atoms with E-state index >= 15 is 0 Å². The van der Waals surface area contributed by atoms with Crippen molar-refractivity contribution in [3.05, 3.63) is 34.4 Å². The van der Waals surface area contributed by atoms with Gasteiger partial charge >= 0.3 is 0 Å². The van der Waals surface area contributed by atoms with Crippen molar-refractivity contribution in [3.63, 3.8) is 0 Å². The Morgan fingerprint density at radius 3 is 2.73 bits per heavy atom. The zero-order valence-corrected chi connectivity index (χ0v) is 9.26. The van der Waals surface area contributed by atoms with Gasteiger partial charge in [-0.3, -0.25) is 4.98 Å². The molecule has 1 aliphatic heterocycles. The van der Waals surface area contributed by atoms with Crippen LogP contribution in [-0.2, 0) is 0 Å². The lowest BCUT2D eigenvalue weighted by Crippen LogP contribution is -2.01. The molecule has 0 aliphatic carbocycles. The van der Waals surface area contributed by atoms with E-state index < -0.39 is 5.97 Å². The van der Waals surface area contributed by atoms with Gasteiger partial charge in [0.15, 0.2) is 5.97 Å². The van der Waals surface area contributed by atoms with Crippen LogP contribution in [0.1, 0.15) is 18.5 Å². The van der Waals surface area contributed by atoms with Gasteiger partial charge in [-0.2, -0.15) is 4.39 Å². The summed E-state index contributed by atoms with van der Waals surface area (Å²) in [6.45, 7) is 0. The molecule has 0 amide bonds. The van der Waals surface area contributed by atoms with Crippen molar-refractivity contribution in [1.29, 1.82) is 0 Å². The molecule has 1 aromatic heterocycles. The van der Waals surface area contributed by atoms with Crippen LogP contribution in [0.4, 0.5) is 8.78 Å².